The minimum Gasteiger partial charge on any atom is -0.480 e. The molecule has 0 aromatic carbocycles. The number of carboxylic acid groups (broad SMARTS) is 1. The van der Waals surface area contributed by atoms with Crippen molar-refractivity contribution in [3.63, 3.8) is 0 Å². The molecule has 0 bridgehead atoms. The van der Waals surface area contributed by atoms with Gasteiger partial charge in [-0.1, -0.05) is 0 Å². The summed E-state index contributed by atoms with van der Waals surface area (Å²) < 4.78 is 0. The maximum atomic E-state index is 11.8. The molecule has 5 nitrogen and oxygen atoms in total. The number of nitrogens with one attached hydrogen (secondary N) is 2. The highest BCUT2D eigenvalue weighted by molar-refractivity contribution is 5.85. The number of hydrogen-bond acceptors (Lipinski definition) is 3. The van der Waals surface area contributed by atoms with Crippen LogP contribution in [0.1, 0.15) is 25.7 Å². The molecule has 0 aromatic rings. The first kappa shape index (κ1) is 11.4. The molecule has 0 spiro atoms. The van der Waals surface area contributed by atoms with Gasteiger partial charge in [0.15, 0.2) is 0 Å². The summed E-state index contributed by atoms with van der Waals surface area (Å²) in [5, 5.41) is 14.8. The average molecular weight is 226 g/mol. The second-order valence-electron chi connectivity index (χ2n) is 4.71. The van der Waals surface area contributed by atoms with Gasteiger partial charge in [0.2, 0.25) is 5.91 Å². The van der Waals surface area contributed by atoms with Crippen LogP contribution in [0, 0.1) is 11.8 Å². The molecule has 1 heterocycles. The lowest BCUT2D eigenvalue weighted by Crippen LogP contribution is -2.48. The lowest BCUT2D eigenvalue weighted by Gasteiger charge is -2.23. The van der Waals surface area contributed by atoms with Gasteiger partial charge in [0.1, 0.15) is 6.04 Å². The zero-order valence-electron chi connectivity index (χ0n) is 9.24. The minimum atomic E-state index is -0.903. The van der Waals surface area contributed by atoms with Crippen LogP contribution in [0.25, 0.3) is 0 Å². The van der Waals surface area contributed by atoms with Gasteiger partial charge in [-0.15, -0.1) is 0 Å². The summed E-state index contributed by atoms with van der Waals surface area (Å²) in [6.45, 7) is 1.62. The van der Waals surface area contributed by atoms with Gasteiger partial charge in [0.05, 0.1) is 5.92 Å². The second-order valence-corrected chi connectivity index (χ2v) is 4.71. The highest BCUT2D eigenvalue weighted by atomic mass is 16.4. The largest absolute Gasteiger partial charge is 0.480 e. The van der Waals surface area contributed by atoms with Crippen LogP contribution in [0.15, 0.2) is 0 Å². The van der Waals surface area contributed by atoms with Gasteiger partial charge < -0.3 is 15.7 Å². The maximum absolute atomic E-state index is 11.8. The van der Waals surface area contributed by atoms with Crippen molar-refractivity contribution in [1.82, 2.24) is 10.6 Å². The topological polar surface area (TPSA) is 78.4 Å². The first-order valence-electron chi connectivity index (χ1n) is 5.92. The molecular formula is C11H18N2O3. The Balaban J connectivity index is 1.86. The van der Waals surface area contributed by atoms with Gasteiger partial charge in [0.25, 0.3) is 0 Å². The summed E-state index contributed by atoms with van der Waals surface area (Å²) in [5.74, 6) is -0.918. The summed E-state index contributed by atoms with van der Waals surface area (Å²) in [6.07, 6.45) is 3.68. The van der Waals surface area contributed by atoms with E-state index in [2.05, 4.69) is 10.6 Å². The van der Waals surface area contributed by atoms with Crippen LogP contribution < -0.4 is 10.6 Å². The Labute approximate surface area is 94.6 Å². The van der Waals surface area contributed by atoms with Crippen molar-refractivity contribution >= 4 is 11.9 Å². The molecule has 90 valence electrons. The van der Waals surface area contributed by atoms with E-state index in [-0.39, 0.29) is 17.7 Å². The first-order valence-corrected chi connectivity index (χ1v) is 5.92. The van der Waals surface area contributed by atoms with Gasteiger partial charge in [0, 0.05) is 6.54 Å². The van der Waals surface area contributed by atoms with Crippen molar-refractivity contribution < 1.29 is 14.7 Å². The molecule has 1 aliphatic heterocycles. The third-order valence-electron chi connectivity index (χ3n) is 3.32. The van der Waals surface area contributed by atoms with Crippen LogP contribution in [-0.4, -0.2) is 36.1 Å². The van der Waals surface area contributed by atoms with Crippen molar-refractivity contribution in [2.24, 2.45) is 11.8 Å². The van der Waals surface area contributed by atoms with Gasteiger partial charge >= 0.3 is 5.97 Å². The van der Waals surface area contributed by atoms with Crippen LogP contribution in [0.4, 0.5) is 0 Å². The molecule has 3 N–H and O–H groups in total. The summed E-state index contributed by atoms with van der Waals surface area (Å²) in [4.78, 5) is 22.8. The Morgan fingerprint density at radius 3 is 2.56 bits per heavy atom. The standard InChI is InChI=1S/C11H18N2O3/c14-10(8-2-1-5-12-6-8)13-9(11(15)16)7-3-4-7/h7-9,12H,1-6H2,(H,13,14)(H,15,16)/t8-,9?/m1/s1. The molecule has 0 aromatic heterocycles. The van der Waals surface area contributed by atoms with E-state index in [4.69, 9.17) is 5.11 Å². The van der Waals surface area contributed by atoms with Crippen LogP contribution >= 0.6 is 0 Å². The molecule has 1 saturated carbocycles. The smallest absolute Gasteiger partial charge is 0.326 e. The van der Waals surface area contributed by atoms with E-state index >= 15 is 0 Å². The van der Waals surface area contributed by atoms with Crippen LogP contribution in [0.3, 0.4) is 0 Å². The number of rotatable bonds is 4. The Bertz CT molecular complexity index is 283. The second kappa shape index (κ2) is 4.82. The fourth-order valence-corrected chi connectivity index (χ4v) is 2.16. The van der Waals surface area contributed by atoms with Crippen molar-refractivity contribution in [2.75, 3.05) is 13.1 Å². The maximum Gasteiger partial charge on any atom is 0.326 e. The minimum absolute atomic E-state index is 0.0608. The fraction of sp³-hybridized carbons (Fsp3) is 0.818. The summed E-state index contributed by atoms with van der Waals surface area (Å²) >= 11 is 0. The van der Waals surface area contributed by atoms with Gasteiger partial charge in [-0.05, 0) is 38.1 Å². The quantitative estimate of drug-likeness (QED) is 0.629. The van der Waals surface area contributed by atoms with E-state index < -0.39 is 12.0 Å². The average Bonchev–Trinajstić information content (AvgIpc) is 3.10. The van der Waals surface area contributed by atoms with Crippen LogP contribution in [0.2, 0.25) is 0 Å². The summed E-state index contributed by atoms with van der Waals surface area (Å²) in [6, 6.07) is -0.672. The number of amides is 1. The number of hydrogen-bond donors (Lipinski definition) is 3. The summed E-state index contributed by atoms with van der Waals surface area (Å²) in [5.41, 5.74) is 0. The monoisotopic (exact) mass is 226 g/mol. The number of aliphatic carboxylic acids is 1. The van der Waals surface area contributed by atoms with Gasteiger partial charge in [-0.2, -0.15) is 0 Å². The molecule has 1 saturated heterocycles. The van der Waals surface area contributed by atoms with E-state index in [1.807, 2.05) is 0 Å². The molecule has 16 heavy (non-hydrogen) atoms. The Morgan fingerprint density at radius 2 is 2.06 bits per heavy atom. The Kier molecular flexibility index (Phi) is 3.43. The van der Waals surface area contributed by atoms with Crippen molar-refractivity contribution in [3.05, 3.63) is 0 Å². The third-order valence-corrected chi connectivity index (χ3v) is 3.32. The van der Waals surface area contributed by atoms with E-state index in [0.29, 0.717) is 6.54 Å². The predicted molar refractivity (Wildman–Crippen MR) is 57.9 cm³/mol. The normalized spacial score (nSPS) is 27.1. The molecule has 2 rings (SSSR count). The van der Waals surface area contributed by atoms with E-state index in [1.54, 1.807) is 0 Å². The van der Waals surface area contributed by atoms with E-state index in [9.17, 15) is 9.59 Å². The third kappa shape index (κ3) is 2.72. The van der Waals surface area contributed by atoms with Crippen molar-refractivity contribution in [2.45, 2.75) is 31.7 Å². The lowest BCUT2D eigenvalue weighted by atomic mass is 9.98. The molecule has 2 atom stereocenters. The molecule has 2 aliphatic rings. The first-order chi connectivity index (χ1) is 7.68. The van der Waals surface area contributed by atoms with E-state index in [1.165, 1.54) is 0 Å². The number of carboxylic acids is 1. The molecule has 5 heteroatoms. The number of carbonyl (C=O) groups is 2. The fourth-order valence-electron chi connectivity index (χ4n) is 2.16. The SMILES string of the molecule is O=C(O)C(NC(=O)[C@@H]1CCCNC1)C1CC1. The molecule has 1 aliphatic carbocycles. The van der Waals surface area contributed by atoms with Crippen LogP contribution in [-0.2, 0) is 9.59 Å². The van der Waals surface area contributed by atoms with Crippen molar-refractivity contribution in [3.8, 4) is 0 Å². The van der Waals surface area contributed by atoms with Gasteiger partial charge in [-0.25, -0.2) is 4.79 Å². The number of piperidine rings is 1. The van der Waals surface area contributed by atoms with Crippen LogP contribution in [0.5, 0.6) is 0 Å². The molecule has 1 amide bonds. The Hall–Kier alpha value is -1.10. The zero-order valence-corrected chi connectivity index (χ0v) is 9.24. The highest BCUT2D eigenvalue weighted by Crippen LogP contribution is 2.33. The lowest BCUT2D eigenvalue weighted by molar-refractivity contribution is -0.143. The van der Waals surface area contributed by atoms with Crippen molar-refractivity contribution in [1.29, 1.82) is 0 Å². The Morgan fingerprint density at radius 1 is 1.31 bits per heavy atom. The number of carbonyl (C=O) groups excluding carboxylic acids is 1. The van der Waals surface area contributed by atoms with Gasteiger partial charge in [-0.3, -0.25) is 4.79 Å². The predicted octanol–water partition coefficient (Wildman–Crippen LogP) is -0.0346. The molecule has 1 unspecified atom stereocenters. The molecule has 0 radical (unpaired) electrons. The van der Waals surface area contributed by atoms with E-state index in [0.717, 1.165) is 32.2 Å². The molecule has 2 fully saturated rings. The molecular weight excluding hydrogens is 208 g/mol. The zero-order chi connectivity index (χ0) is 11.5. The summed E-state index contributed by atoms with van der Waals surface area (Å²) in [7, 11) is 0. The highest BCUT2D eigenvalue weighted by Gasteiger charge is 2.38.